The number of ether oxygens (including phenoxy) is 2. The maximum atomic E-state index is 5.32. The first-order valence-corrected chi connectivity index (χ1v) is 6.02. The number of hydrogen-bond acceptors (Lipinski definition) is 2. The van der Waals surface area contributed by atoms with Crippen molar-refractivity contribution >= 4 is 0 Å². The number of hydrogen-bond donors (Lipinski definition) is 0. The Labute approximate surface area is 87.0 Å². The van der Waals surface area contributed by atoms with Crippen LogP contribution in [0.15, 0.2) is 0 Å². The van der Waals surface area contributed by atoms with Crippen molar-refractivity contribution in [1.29, 1.82) is 0 Å². The van der Waals surface area contributed by atoms with Crippen molar-refractivity contribution in [3.8, 4) is 0 Å². The Morgan fingerprint density at radius 2 is 1.71 bits per heavy atom. The lowest BCUT2D eigenvalue weighted by Crippen LogP contribution is -2.16. The van der Waals surface area contributed by atoms with Gasteiger partial charge in [-0.15, -0.1) is 0 Å². The fourth-order valence-electron chi connectivity index (χ4n) is 2.36. The Kier molecular flexibility index (Phi) is 3.45. The van der Waals surface area contributed by atoms with Crippen LogP contribution in [0.25, 0.3) is 0 Å². The minimum atomic E-state index is 0.587. The molecule has 0 radical (unpaired) electrons. The van der Waals surface area contributed by atoms with Gasteiger partial charge in [0, 0.05) is 0 Å². The van der Waals surface area contributed by atoms with Crippen LogP contribution in [0.3, 0.4) is 0 Å². The van der Waals surface area contributed by atoms with Crippen molar-refractivity contribution in [1.82, 2.24) is 0 Å². The van der Waals surface area contributed by atoms with Crippen LogP contribution < -0.4 is 0 Å². The molecule has 0 bridgehead atoms. The van der Waals surface area contributed by atoms with E-state index >= 15 is 0 Å². The molecule has 0 aliphatic carbocycles. The van der Waals surface area contributed by atoms with Gasteiger partial charge in [-0.2, -0.15) is 0 Å². The lowest BCUT2D eigenvalue weighted by Gasteiger charge is -2.22. The summed E-state index contributed by atoms with van der Waals surface area (Å²) in [5.41, 5.74) is 0. The van der Waals surface area contributed by atoms with Gasteiger partial charge >= 0.3 is 0 Å². The van der Waals surface area contributed by atoms with Gasteiger partial charge in [-0.25, -0.2) is 0 Å². The second-order valence-electron chi connectivity index (χ2n) is 4.91. The summed E-state index contributed by atoms with van der Waals surface area (Å²) in [6.07, 6.45) is 6.37. The Bertz CT molecular complexity index is 173. The Balaban J connectivity index is 1.73. The molecule has 2 heteroatoms. The molecule has 2 saturated heterocycles. The highest BCUT2D eigenvalue weighted by molar-refractivity contribution is 4.80. The normalized spacial score (nSPS) is 33.9. The van der Waals surface area contributed by atoms with E-state index < -0.39 is 0 Å². The highest BCUT2D eigenvalue weighted by Gasteiger charge is 2.32. The Morgan fingerprint density at radius 3 is 2.21 bits per heavy atom. The zero-order valence-electron chi connectivity index (χ0n) is 9.37. The molecule has 14 heavy (non-hydrogen) atoms. The van der Waals surface area contributed by atoms with Gasteiger partial charge in [0.05, 0.1) is 25.4 Å². The third kappa shape index (κ3) is 3.25. The van der Waals surface area contributed by atoms with Crippen molar-refractivity contribution in [2.75, 3.05) is 13.2 Å². The van der Waals surface area contributed by atoms with Gasteiger partial charge < -0.3 is 9.47 Å². The molecular weight excluding hydrogens is 176 g/mol. The monoisotopic (exact) mass is 198 g/mol. The molecule has 2 fully saturated rings. The van der Waals surface area contributed by atoms with Crippen LogP contribution in [0.1, 0.15) is 39.5 Å². The van der Waals surface area contributed by atoms with Gasteiger partial charge in [-0.3, -0.25) is 0 Å². The summed E-state index contributed by atoms with van der Waals surface area (Å²) in [5, 5.41) is 0. The van der Waals surface area contributed by atoms with Crippen LogP contribution in [0.2, 0.25) is 0 Å². The van der Waals surface area contributed by atoms with Crippen LogP contribution in [-0.4, -0.2) is 25.4 Å². The molecule has 2 aliphatic heterocycles. The maximum absolute atomic E-state index is 5.32. The van der Waals surface area contributed by atoms with E-state index in [1.165, 1.54) is 25.7 Å². The predicted octanol–water partition coefficient (Wildman–Crippen LogP) is 2.62. The average molecular weight is 198 g/mol. The Hall–Kier alpha value is -0.0800. The van der Waals surface area contributed by atoms with Gasteiger partial charge in [-0.1, -0.05) is 26.7 Å². The third-order valence-corrected chi connectivity index (χ3v) is 3.47. The standard InChI is InChI=1S/C12H22O2/c1-3-4-10(6-12-8-14-12)9(2)5-11-7-13-11/h9-12H,3-8H2,1-2H3. The SMILES string of the molecule is CCCC(CC1CO1)C(C)CC1CO1. The summed E-state index contributed by atoms with van der Waals surface area (Å²) in [4.78, 5) is 0. The molecule has 2 aliphatic rings. The van der Waals surface area contributed by atoms with Crippen LogP contribution in [0, 0.1) is 11.8 Å². The summed E-state index contributed by atoms with van der Waals surface area (Å²) >= 11 is 0. The molecule has 4 atom stereocenters. The van der Waals surface area contributed by atoms with E-state index in [1.807, 2.05) is 0 Å². The molecule has 0 aromatic heterocycles. The third-order valence-electron chi connectivity index (χ3n) is 3.47. The first-order valence-electron chi connectivity index (χ1n) is 6.02. The van der Waals surface area contributed by atoms with Gasteiger partial charge in [-0.05, 0) is 24.7 Å². The summed E-state index contributed by atoms with van der Waals surface area (Å²) in [6.45, 7) is 6.67. The molecule has 0 N–H and O–H groups in total. The fourth-order valence-corrected chi connectivity index (χ4v) is 2.36. The fraction of sp³-hybridized carbons (Fsp3) is 1.00. The smallest absolute Gasteiger partial charge is 0.0812 e. The zero-order chi connectivity index (χ0) is 9.97. The minimum absolute atomic E-state index is 0.587. The molecule has 2 rings (SSSR count). The van der Waals surface area contributed by atoms with Crippen LogP contribution >= 0.6 is 0 Å². The topological polar surface area (TPSA) is 25.1 Å². The molecule has 0 aromatic carbocycles. The molecule has 0 aromatic rings. The average Bonchev–Trinajstić information content (AvgIpc) is 2.97. The van der Waals surface area contributed by atoms with E-state index in [1.54, 1.807) is 0 Å². The second kappa shape index (κ2) is 4.63. The van der Waals surface area contributed by atoms with Crippen LogP contribution in [0.5, 0.6) is 0 Å². The largest absolute Gasteiger partial charge is 0.373 e. The lowest BCUT2D eigenvalue weighted by atomic mass is 9.83. The summed E-state index contributed by atoms with van der Waals surface area (Å²) in [6, 6.07) is 0. The Morgan fingerprint density at radius 1 is 1.14 bits per heavy atom. The van der Waals surface area contributed by atoms with E-state index in [2.05, 4.69) is 13.8 Å². The highest BCUT2D eigenvalue weighted by atomic mass is 16.6. The second-order valence-corrected chi connectivity index (χ2v) is 4.91. The van der Waals surface area contributed by atoms with Crippen LogP contribution in [-0.2, 0) is 9.47 Å². The summed E-state index contributed by atoms with van der Waals surface area (Å²) in [7, 11) is 0. The van der Waals surface area contributed by atoms with Crippen molar-refractivity contribution in [3.05, 3.63) is 0 Å². The van der Waals surface area contributed by atoms with E-state index in [0.717, 1.165) is 25.0 Å². The molecule has 0 amide bonds. The zero-order valence-corrected chi connectivity index (χ0v) is 9.37. The molecule has 0 spiro atoms. The van der Waals surface area contributed by atoms with Gasteiger partial charge in [0.1, 0.15) is 0 Å². The van der Waals surface area contributed by atoms with E-state index in [0.29, 0.717) is 12.2 Å². The molecule has 0 saturated carbocycles. The van der Waals surface area contributed by atoms with Crippen LogP contribution in [0.4, 0.5) is 0 Å². The quantitative estimate of drug-likeness (QED) is 0.587. The van der Waals surface area contributed by atoms with Gasteiger partial charge in [0.2, 0.25) is 0 Å². The van der Waals surface area contributed by atoms with E-state index in [-0.39, 0.29) is 0 Å². The lowest BCUT2D eigenvalue weighted by molar-refractivity contribution is 0.242. The molecular formula is C12H22O2. The van der Waals surface area contributed by atoms with Gasteiger partial charge in [0.15, 0.2) is 0 Å². The summed E-state index contributed by atoms with van der Waals surface area (Å²) < 4.78 is 10.6. The van der Waals surface area contributed by atoms with Crippen molar-refractivity contribution in [2.24, 2.45) is 11.8 Å². The highest BCUT2D eigenvalue weighted by Crippen LogP contribution is 2.33. The predicted molar refractivity (Wildman–Crippen MR) is 56.3 cm³/mol. The first-order chi connectivity index (χ1) is 6.79. The van der Waals surface area contributed by atoms with E-state index in [4.69, 9.17) is 9.47 Å². The van der Waals surface area contributed by atoms with Gasteiger partial charge in [0.25, 0.3) is 0 Å². The van der Waals surface area contributed by atoms with E-state index in [9.17, 15) is 0 Å². The van der Waals surface area contributed by atoms with Crippen molar-refractivity contribution in [2.45, 2.75) is 51.7 Å². The molecule has 2 heterocycles. The molecule has 82 valence electrons. The minimum Gasteiger partial charge on any atom is -0.373 e. The number of rotatable bonds is 7. The van der Waals surface area contributed by atoms with Crippen molar-refractivity contribution in [3.63, 3.8) is 0 Å². The first kappa shape index (κ1) is 10.4. The number of epoxide rings is 2. The maximum Gasteiger partial charge on any atom is 0.0812 e. The summed E-state index contributed by atoms with van der Waals surface area (Å²) in [5.74, 6) is 1.67. The van der Waals surface area contributed by atoms with Crippen molar-refractivity contribution < 1.29 is 9.47 Å². The molecule has 4 unspecified atom stereocenters. The molecule has 2 nitrogen and oxygen atoms in total.